The lowest BCUT2D eigenvalue weighted by Crippen LogP contribution is -3.00. The van der Waals surface area contributed by atoms with Crippen LogP contribution in [0.3, 0.4) is 0 Å². The molecule has 1 aliphatic heterocycles. The van der Waals surface area contributed by atoms with Crippen molar-refractivity contribution < 1.29 is 36.2 Å². The standard InChI is InChI=1S/C15H12BrNO3.BrH/c1-9-3-2-4-11(17-9)14(16)15(18)10-5-6-12-13(7-10)20-8-19-12;/h2-7,14H,8H2,1H3;1H. The first-order valence-electron chi connectivity index (χ1n) is 6.22. The Morgan fingerprint density at radius 1 is 1.24 bits per heavy atom. The van der Waals surface area contributed by atoms with Gasteiger partial charge in [0.2, 0.25) is 12.5 Å². The lowest BCUT2D eigenvalue weighted by molar-refractivity contribution is -0.398. The quantitative estimate of drug-likeness (QED) is 0.519. The van der Waals surface area contributed by atoms with Crippen LogP contribution in [0, 0.1) is 6.92 Å². The Labute approximate surface area is 141 Å². The van der Waals surface area contributed by atoms with Crippen molar-refractivity contribution in [3.05, 3.63) is 53.3 Å². The van der Waals surface area contributed by atoms with Crippen molar-refractivity contribution in [3.8, 4) is 11.5 Å². The molecule has 0 amide bonds. The van der Waals surface area contributed by atoms with E-state index in [2.05, 4.69) is 20.9 Å². The number of carbonyl (C=O) groups excluding carboxylic acids is 1. The molecule has 1 aromatic carbocycles. The van der Waals surface area contributed by atoms with Crippen LogP contribution in [0.25, 0.3) is 0 Å². The van der Waals surface area contributed by atoms with E-state index in [0.717, 1.165) is 11.4 Å². The zero-order chi connectivity index (χ0) is 14.1. The average molecular weight is 415 g/mol. The maximum absolute atomic E-state index is 12.5. The van der Waals surface area contributed by atoms with Crippen LogP contribution in [0.4, 0.5) is 0 Å². The number of aromatic nitrogens is 1. The van der Waals surface area contributed by atoms with Crippen LogP contribution >= 0.6 is 15.9 Å². The summed E-state index contributed by atoms with van der Waals surface area (Å²) in [7, 11) is 0. The summed E-state index contributed by atoms with van der Waals surface area (Å²) in [6.07, 6.45) is 0. The fourth-order valence-electron chi connectivity index (χ4n) is 2.09. The van der Waals surface area contributed by atoms with E-state index in [1.54, 1.807) is 18.2 Å². The first-order chi connectivity index (χ1) is 9.65. The molecule has 0 radical (unpaired) electrons. The minimum atomic E-state index is -0.414. The zero-order valence-corrected chi connectivity index (χ0v) is 14.4. The zero-order valence-electron chi connectivity index (χ0n) is 11.2. The SMILES string of the molecule is Cc1cccc(C(Br)C(=O)c2ccc3c(c2)OCO3)[nH+]1.[Br-]. The lowest BCUT2D eigenvalue weighted by Gasteiger charge is -2.06. The smallest absolute Gasteiger partial charge is 0.231 e. The molecule has 1 unspecified atom stereocenters. The van der Waals surface area contributed by atoms with Gasteiger partial charge in [-0.25, -0.2) is 4.98 Å². The number of aromatic amines is 1. The molecule has 0 spiro atoms. The van der Waals surface area contributed by atoms with Crippen molar-refractivity contribution in [2.45, 2.75) is 11.8 Å². The van der Waals surface area contributed by atoms with Gasteiger partial charge in [0.05, 0.1) is 0 Å². The van der Waals surface area contributed by atoms with Crippen molar-refractivity contribution >= 4 is 21.7 Å². The number of benzene rings is 1. The van der Waals surface area contributed by atoms with Crippen molar-refractivity contribution in [2.75, 3.05) is 6.79 Å². The fourth-order valence-corrected chi connectivity index (χ4v) is 2.62. The summed E-state index contributed by atoms with van der Waals surface area (Å²) >= 11 is 3.45. The number of fused-ring (bicyclic) bond motifs is 1. The molecule has 0 saturated heterocycles. The first-order valence-corrected chi connectivity index (χ1v) is 7.13. The predicted molar refractivity (Wildman–Crippen MR) is 76.3 cm³/mol. The third-order valence-corrected chi connectivity index (χ3v) is 4.03. The number of halogens is 2. The number of Topliss-reactive ketones (excluding diaryl/α,β-unsaturated/α-hetero) is 1. The highest BCUT2D eigenvalue weighted by atomic mass is 79.9. The van der Waals surface area contributed by atoms with Gasteiger partial charge in [-0.3, -0.25) is 4.79 Å². The topological polar surface area (TPSA) is 49.7 Å². The van der Waals surface area contributed by atoms with Gasteiger partial charge in [-0.05, 0) is 24.3 Å². The van der Waals surface area contributed by atoms with Gasteiger partial charge < -0.3 is 26.5 Å². The fraction of sp³-hybridized carbons (Fsp3) is 0.200. The van der Waals surface area contributed by atoms with Gasteiger partial charge in [0, 0.05) is 24.6 Å². The van der Waals surface area contributed by atoms with Crippen LogP contribution in [0.5, 0.6) is 11.5 Å². The highest BCUT2D eigenvalue weighted by Crippen LogP contribution is 2.34. The van der Waals surface area contributed by atoms with Crippen LogP contribution < -0.4 is 31.4 Å². The number of H-pyrrole nitrogens is 1. The highest BCUT2D eigenvalue weighted by Gasteiger charge is 2.26. The predicted octanol–water partition coefficient (Wildman–Crippen LogP) is -0.139. The number of rotatable bonds is 3. The van der Waals surface area contributed by atoms with Crippen molar-refractivity contribution in [3.63, 3.8) is 0 Å². The monoisotopic (exact) mass is 413 g/mol. The summed E-state index contributed by atoms with van der Waals surface area (Å²) < 4.78 is 10.5. The Hall–Kier alpha value is -1.40. The molecule has 0 fully saturated rings. The Morgan fingerprint density at radius 3 is 2.76 bits per heavy atom. The maximum Gasteiger partial charge on any atom is 0.231 e. The van der Waals surface area contributed by atoms with Crippen LogP contribution in [-0.4, -0.2) is 12.6 Å². The molecule has 0 aliphatic carbocycles. The highest BCUT2D eigenvalue weighted by molar-refractivity contribution is 9.09. The van der Waals surface area contributed by atoms with Gasteiger partial charge in [-0.15, -0.1) is 0 Å². The number of pyridine rings is 1. The van der Waals surface area contributed by atoms with E-state index in [1.807, 2.05) is 25.1 Å². The maximum atomic E-state index is 12.5. The third-order valence-electron chi connectivity index (χ3n) is 3.12. The Bertz CT molecular complexity index is 676. The van der Waals surface area contributed by atoms with Gasteiger partial charge in [-0.1, -0.05) is 15.9 Å². The van der Waals surface area contributed by atoms with Gasteiger partial charge in [0.25, 0.3) is 0 Å². The molecule has 110 valence electrons. The molecule has 1 atom stereocenters. The minimum Gasteiger partial charge on any atom is -1.00 e. The summed E-state index contributed by atoms with van der Waals surface area (Å²) in [5.74, 6) is 1.27. The number of carbonyl (C=O) groups is 1. The van der Waals surface area contributed by atoms with Crippen molar-refractivity contribution in [1.82, 2.24) is 0 Å². The Kier molecular flexibility index (Phi) is 5.00. The molecule has 4 nitrogen and oxygen atoms in total. The normalized spacial score (nSPS) is 13.4. The van der Waals surface area contributed by atoms with E-state index >= 15 is 0 Å². The van der Waals surface area contributed by atoms with Gasteiger partial charge in [-0.2, -0.15) is 0 Å². The van der Waals surface area contributed by atoms with Crippen LogP contribution in [-0.2, 0) is 0 Å². The molecule has 1 aromatic heterocycles. The number of hydrogen-bond acceptors (Lipinski definition) is 3. The second kappa shape index (κ2) is 6.58. The molecule has 3 rings (SSSR count). The summed E-state index contributed by atoms with van der Waals surface area (Å²) in [6, 6.07) is 11.0. The van der Waals surface area contributed by atoms with E-state index in [0.29, 0.717) is 17.1 Å². The Morgan fingerprint density at radius 2 is 2.00 bits per heavy atom. The summed E-state index contributed by atoms with van der Waals surface area (Å²) in [5, 5.41) is 0. The van der Waals surface area contributed by atoms with Crippen LogP contribution in [0.15, 0.2) is 36.4 Å². The van der Waals surface area contributed by atoms with Crippen LogP contribution in [0.2, 0.25) is 0 Å². The van der Waals surface area contributed by atoms with Crippen LogP contribution in [0.1, 0.15) is 26.6 Å². The van der Waals surface area contributed by atoms with Crippen molar-refractivity contribution in [1.29, 1.82) is 0 Å². The van der Waals surface area contributed by atoms with Gasteiger partial charge in [0.1, 0.15) is 0 Å². The van der Waals surface area contributed by atoms with E-state index in [1.165, 1.54) is 0 Å². The number of ketones is 1. The molecule has 1 aliphatic rings. The summed E-state index contributed by atoms with van der Waals surface area (Å²) in [6.45, 7) is 2.16. The second-order valence-electron chi connectivity index (χ2n) is 4.58. The number of alkyl halides is 1. The first kappa shape index (κ1) is 16.0. The number of aryl methyl sites for hydroxylation is 1. The number of hydrogen-bond donors (Lipinski definition) is 0. The largest absolute Gasteiger partial charge is 1.00 e. The molecular formula is C15H13Br2NO3. The molecule has 2 heterocycles. The van der Waals surface area contributed by atoms with E-state index in [9.17, 15) is 4.79 Å². The molecule has 0 saturated carbocycles. The minimum absolute atomic E-state index is 0. The number of nitrogens with one attached hydrogen (secondary N) is 1. The van der Waals surface area contributed by atoms with E-state index in [4.69, 9.17) is 9.47 Å². The third kappa shape index (κ3) is 3.27. The average Bonchev–Trinajstić information content (AvgIpc) is 2.93. The molecule has 21 heavy (non-hydrogen) atoms. The second-order valence-corrected chi connectivity index (χ2v) is 5.50. The van der Waals surface area contributed by atoms with Crippen molar-refractivity contribution in [2.24, 2.45) is 0 Å². The summed E-state index contributed by atoms with van der Waals surface area (Å²) in [4.78, 5) is 15.3. The van der Waals surface area contributed by atoms with Gasteiger partial charge >= 0.3 is 0 Å². The van der Waals surface area contributed by atoms with E-state index < -0.39 is 4.83 Å². The molecule has 2 aromatic rings. The molecular weight excluding hydrogens is 402 g/mol. The van der Waals surface area contributed by atoms with Gasteiger partial charge in [0.15, 0.2) is 27.8 Å². The Balaban J connectivity index is 0.00000161. The molecule has 1 N–H and O–H groups in total. The van der Waals surface area contributed by atoms with E-state index in [-0.39, 0.29) is 29.6 Å². The molecule has 6 heteroatoms. The molecule has 0 bridgehead atoms. The summed E-state index contributed by atoms with van der Waals surface area (Å²) in [5.41, 5.74) is 2.42. The lowest BCUT2D eigenvalue weighted by atomic mass is 10.1. The number of ether oxygens (including phenoxy) is 2.